The maximum atomic E-state index is 13.5. The van der Waals surface area contributed by atoms with Gasteiger partial charge in [-0.1, -0.05) is 15.9 Å². The molecule has 1 aliphatic heterocycles. The second kappa shape index (κ2) is 5.28. The van der Waals surface area contributed by atoms with Gasteiger partial charge in [-0.15, -0.1) is 0 Å². The predicted octanol–water partition coefficient (Wildman–Crippen LogP) is 4.04. The summed E-state index contributed by atoms with van der Waals surface area (Å²) >= 11 is 3.38. The SMILES string of the molecule is Fc1ccc(OCc2cc3c(cc2Br)OCO3)c(F)c1. The molecule has 0 spiro atoms. The highest BCUT2D eigenvalue weighted by Crippen LogP contribution is 2.37. The minimum Gasteiger partial charge on any atom is -0.486 e. The summed E-state index contributed by atoms with van der Waals surface area (Å²) in [7, 11) is 0. The quantitative estimate of drug-likeness (QED) is 0.842. The molecule has 0 aliphatic carbocycles. The Kier molecular flexibility index (Phi) is 3.48. The molecular formula is C14H9BrF2O3. The van der Waals surface area contributed by atoms with Crippen molar-refractivity contribution in [1.29, 1.82) is 0 Å². The molecule has 2 aromatic rings. The van der Waals surface area contributed by atoms with Gasteiger partial charge in [0.15, 0.2) is 23.1 Å². The second-order valence-corrected chi connectivity index (χ2v) is 5.01. The minimum atomic E-state index is -0.734. The van der Waals surface area contributed by atoms with Gasteiger partial charge in [0, 0.05) is 16.1 Å². The van der Waals surface area contributed by atoms with Gasteiger partial charge in [-0.3, -0.25) is 0 Å². The zero-order valence-corrected chi connectivity index (χ0v) is 11.7. The van der Waals surface area contributed by atoms with E-state index in [1.54, 1.807) is 12.1 Å². The maximum absolute atomic E-state index is 13.5. The summed E-state index contributed by atoms with van der Waals surface area (Å²) in [6.45, 7) is 0.304. The maximum Gasteiger partial charge on any atom is 0.231 e. The van der Waals surface area contributed by atoms with Gasteiger partial charge in [-0.2, -0.15) is 0 Å². The minimum absolute atomic E-state index is 0.00373. The lowest BCUT2D eigenvalue weighted by molar-refractivity contribution is 0.174. The van der Waals surface area contributed by atoms with Crippen LogP contribution < -0.4 is 14.2 Å². The Balaban J connectivity index is 1.78. The molecule has 0 saturated carbocycles. The number of benzene rings is 2. The summed E-state index contributed by atoms with van der Waals surface area (Å²) in [4.78, 5) is 0. The summed E-state index contributed by atoms with van der Waals surface area (Å²) in [6.07, 6.45) is 0. The van der Waals surface area contributed by atoms with E-state index in [1.165, 1.54) is 6.07 Å². The lowest BCUT2D eigenvalue weighted by Crippen LogP contribution is -1.99. The molecule has 0 fully saturated rings. The van der Waals surface area contributed by atoms with Crippen LogP contribution in [0.1, 0.15) is 5.56 Å². The largest absolute Gasteiger partial charge is 0.486 e. The highest BCUT2D eigenvalue weighted by Gasteiger charge is 2.17. The molecule has 0 N–H and O–H groups in total. The van der Waals surface area contributed by atoms with Gasteiger partial charge in [0.05, 0.1) is 0 Å². The van der Waals surface area contributed by atoms with Crippen LogP contribution in [0.25, 0.3) is 0 Å². The van der Waals surface area contributed by atoms with Crippen molar-refractivity contribution < 1.29 is 23.0 Å². The molecule has 1 heterocycles. The molecule has 6 heteroatoms. The van der Waals surface area contributed by atoms with Crippen molar-refractivity contribution >= 4 is 15.9 Å². The summed E-state index contributed by atoms with van der Waals surface area (Å²) in [5, 5.41) is 0. The number of hydrogen-bond donors (Lipinski definition) is 0. The van der Waals surface area contributed by atoms with Crippen LogP contribution >= 0.6 is 15.9 Å². The smallest absolute Gasteiger partial charge is 0.231 e. The number of fused-ring (bicyclic) bond motifs is 1. The van der Waals surface area contributed by atoms with Gasteiger partial charge >= 0.3 is 0 Å². The molecule has 0 bridgehead atoms. The fourth-order valence-corrected chi connectivity index (χ4v) is 2.25. The van der Waals surface area contributed by atoms with Gasteiger partial charge in [-0.05, 0) is 24.3 Å². The molecule has 20 heavy (non-hydrogen) atoms. The number of rotatable bonds is 3. The van der Waals surface area contributed by atoms with Gasteiger partial charge in [0.25, 0.3) is 0 Å². The molecule has 0 saturated heterocycles. The Bertz CT molecular complexity index is 661. The normalized spacial score (nSPS) is 12.6. The van der Waals surface area contributed by atoms with Crippen LogP contribution in [0.15, 0.2) is 34.8 Å². The molecule has 0 amide bonds. The first-order valence-electron chi connectivity index (χ1n) is 5.79. The van der Waals surface area contributed by atoms with E-state index < -0.39 is 11.6 Å². The molecule has 0 radical (unpaired) electrons. The van der Waals surface area contributed by atoms with Crippen LogP contribution in [0.5, 0.6) is 17.2 Å². The van der Waals surface area contributed by atoms with Crippen LogP contribution in [0, 0.1) is 11.6 Å². The molecule has 0 unspecified atom stereocenters. The molecule has 2 aromatic carbocycles. The van der Waals surface area contributed by atoms with Gasteiger partial charge in [-0.25, -0.2) is 8.78 Å². The van der Waals surface area contributed by atoms with Crippen molar-refractivity contribution in [1.82, 2.24) is 0 Å². The zero-order chi connectivity index (χ0) is 14.1. The average Bonchev–Trinajstić information content (AvgIpc) is 2.84. The van der Waals surface area contributed by atoms with Crippen molar-refractivity contribution in [2.24, 2.45) is 0 Å². The molecule has 104 valence electrons. The van der Waals surface area contributed by atoms with Crippen molar-refractivity contribution in [2.45, 2.75) is 6.61 Å². The van der Waals surface area contributed by atoms with Crippen molar-refractivity contribution in [3.63, 3.8) is 0 Å². The number of hydrogen-bond acceptors (Lipinski definition) is 3. The molecular weight excluding hydrogens is 334 g/mol. The highest BCUT2D eigenvalue weighted by atomic mass is 79.9. The highest BCUT2D eigenvalue weighted by molar-refractivity contribution is 9.10. The van der Waals surface area contributed by atoms with E-state index in [2.05, 4.69) is 15.9 Å². The Morgan fingerprint density at radius 1 is 1.10 bits per heavy atom. The molecule has 0 aromatic heterocycles. The fraction of sp³-hybridized carbons (Fsp3) is 0.143. The monoisotopic (exact) mass is 342 g/mol. The predicted molar refractivity (Wildman–Crippen MR) is 71.0 cm³/mol. The van der Waals surface area contributed by atoms with E-state index in [-0.39, 0.29) is 19.1 Å². The van der Waals surface area contributed by atoms with Crippen molar-refractivity contribution in [2.75, 3.05) is 6.79 Å². The van der Waals surface area contributed by atoms with E-state index in [1.807, 2.05) is 0 Å². The van der Waals surface area contributed by atoms with Crippen LogP contribution in [0.4, 0.5) is 8.78 Å². The van der Waals surface area contributed by atoms with E-state index >= 15 is 0 Å². The second-order valence-electron chi connectivity index (χ2n) is 4.16. The van der Waals surface area contributed by atoms with E-state index in [9.17, 15) is 8.78 Å². The third kappa shape index (κ3) is 2.56. The van der Waals surface area contributed by atoms with Gasteiger partial charge < -0.3 is 14.2 Å². The third-order valence-corrected chi connectivity index (χ3v) is 3.56. The Labute approximate surface area is 122 Å². The van der Waals surface area contributed by atoms with E-state index in [0.29, 0.717) is 11.5 Å². The van der Waals surface area contributed by atoms with Crippen molar-refractivity contribution in [3.8, 4) is 17.2 Å². The summed E-state index contributed by atoms with van der Waals surface area (Å²) in [6, 6.07) is 6.71. The number of halogens is 3. The summed E-state index contributed by atoms with van der Waals surface area (Å²) < 4.78 is 42.9. The van der Waals surface area contributed by atoms with Gasteiger partial charge in [0.1, 0.15) is 12.4 Å². The Morgan fingerprint density at radius 2 is 1.85 bits per heavy atom. The third-order valence-electron chi connectivity index (χ3n) is 2.82. The summed E-state index contributed by atoms with van der Waals surface area (Å²) in [5.74, 6) is -0.114. The fourth-order valence-electron chi connectivity index (χ4n) is 1.82. The van der Waals surface area contributed by atoms with E-state index in [0.717, 1.165) is 22.2 Å². The average molecular weight is 343 g/mol. The van der Waals surface area contributed by atoms with Gasteiger partial charge in [0.2, 0.25) is 6.79 Å². The zero-order valence-electron chi connectivity index (χ0n) is 10.2. The molecule has 3 nitrogen and oxygen atoms in total. The lowest BCUT2D eigenvalue weighted by atomic mass is 10.2. The standard InChI is InChI=1S/C14H9BrF2O3/c15-10-5-14-13(19-7-20-14)3-8(10)6-18-12-2-1-9(16)4-11(12)17/h1-5H,6-7H2. The summed E-state index contributed by atoms with van der Waals surface area (Å²) in [5.41, 5.74) is 0.776. The topological polar surface area (TPSA) is 27.7 Å². The van der Waals surface area contributed by atoms with E-state index in [4.69, 9.17) is 14.2 Å². The Morgan fingerprint density at radius 3 is 2.60 bits per heavy atom. The molecule has 1 aliphatic rings. The molecule has 3 rings (SSSR count). The molecule has 0 atom stereocenters. The van der Waals surface area contributed by atoms with Crippen LogP contribution in [-0.2, 0) is 6.61 Å². The van der Waals surface area contributed by atoms with Crippen molar-refractivity contribution in [3.05, 3.63) is 52.0 Å². The Hall–Kier alpha value is -1.82. The van der Waals surface area contributed by atoms with Crippen LogP contribution in [-0.4, -0.2) is 6.79 Å². The van der Waals surface area contributed by atoms with Crippen LogP contribution in [0.3, 0.4) is 0 Å². The lowest BCUT2D eigenvalue weighted by Gasteiger charge is -2.09. The van der Waals surface area contributed by atoms with Crippen LogP contribution in [0.2, 0.25) is 0 Å². The number of ether oxygens (including phenoxy) is 3. The first-order valence-corrected chi connectivity index (χ1v) is 6.58. The first-order chi connectivity index (χ1) is 9.63. The first kappa shape index (κ1) is 13.2.